The number of morpholine rings is 1. The van der Waals surface area contributed by atoms with Gasteiger partial charge >= 0.3 is 0 Å². The number of ether oxygens (including phenoxy) is 4. The quantitative estimate of drug-likeness (QED) is 0.743. The molecule has 0 radical (unpaired) electrons. The fourth-order valence-electron chi connectivity index (χ4n) is 3.46. The molecular formula is C18H26N3O5S+. The summed E-state index contributed by atoms with van der Waals surface area (Å²) in [5.41, 5.74) is 0.702. The molecule has 1 aliphatic rings. The van der Waals surface area contributed by atoms with Crippen molar-refractivity contribution in [1.82, 2.24) is 9.78 Å². The minimum Gasteiger partial charge on any atom is -0.493 e. The van der Waals surface area contributed by atoms with Gasteiger partial charge in [0.05, 0.1) is 21.3 Å². The van der Waals surface area contributed by atoms with Crippen LogP contribution in [0.4, 0.5) is 0 Å². The average molecular weight is 396 g/mol. The molecule has 8 nitrogen and oxygen atoms in total. The van der Waals surface area contributed by atoms with E-state index in [1.165, 1.54) is 4.90 Å². The standard InChI is InChI=1S/C18H25N3O5S/c1-11-8-20(9-12(2)25-11)10-21-18(27)26-17(19-21)13-6-14(22-3)16(24-5)15(7-13)23-4/h6-7,11-12H,8-10H2,1-5H3/p+1/t11-,12-/m0/s1. The number of aromatic nitrogens is 2. The second-order valence-corrected chi connectivity index (χ2v) is 7.01. The molecule has 1 aliphatic heterocycles. The van der Waals surface area contributed by atoms with Crippen LogP contribution < -0.4 is 19.1 Å². The van der Waals surface area contributed by atoms with Crippen molar-refractivity contribution in [1.29, 1.82) is 0 Å². The third kappa shape index (κ3) is 4.26. The van der Waals surface area contributed by atoms with Crippen LogP contribution in [0.1, 0.15) is 13.8 Å². The molecule has 1 fully saturated rings. The van der Waals surface area contributed by atoms with Gasteiger partial charge in [0.25, 0.3) is 4.84 Å². The van der Waals surface area contributed by atoms with Gasteiger partial charge in [0.2, 0.25) is 11.6 Å². The average Bonchev–Trinajstić information content (AvgIpc) is 3.00. The predicted octanol–water partition coefficient (Wildman–Crippen LogP) is 1.55. The Morgan fingerprint density at radius 3 is 2.22 bits per heavy atom. The molecule has 0 amide bonds. The van der Waals surface area contributed by atoms with Gasteiger partial charge in [-0.05, 0) is 38.2 Å². The van der Waals surface area contributed by atoms with Gasteiger partial charge in [-0.1, -0.05) is 0 Å². The number of nitrogens with zero attached hydrogens (tertiary/aromatic N) is 2. The lowest BCUT2D eigenvalue weighted by Crippen LogP contribution is -3.14. The summed E-state index contributed by atoms with van der Waals surface area (Å²) in [5.74, 6) is 1.99. The van der Waals surface area contributed by atoms with E-state index >= 15 is 0 Å². The van der Waals surface area contributed by atoms with E-state index in [-0.39, 0.29) is 12.2 Å². The van der Waals surface area contributed by atoms with E-state index in [2.05, 4.69) is 18.9 Å². The highest BCUT2D eigenvalue weighted by molar-refractivity contribution is 7.71. The van der Waals surface area contributed by atoms with E-state index in [1.54, 1.807) is 38.1 Å². The number of hydrogen-bond acceptors (Lipinski definition) is 7. The number of methoxy groups -OCH3 is 3. The second-order valence-electron chi connectivity index (χ2n) is 6.66. The van der Waals surface area contributed by atoms with Crippen molar-refractivity contribution < 1.29 is 28.3 Å². The number of hydrogen-bond donors (Lipinski definition) is 1. The van der Waals surface area contributed by atoms with Gasteiger partial charge in [-0.2, -0.15) is 4.68 Å². The summed E-state index contributed by atoms with van der Waals surface area (Å²) in [6, 6.07) is 3.58. The van der Waals surface area contributed by atoms with Crippen LogP contribution in [0.15, 0.2) is 16.5 Å². The predicted molar refractivity (Wildman–Crippen MR) is 101 cm³/mol. The van der Waals surface area contributed by atoms with Crippen molar-refractivity contribution in [2.75, 3.05) is 34.4 Å². The molecule has 3 rings (SSSR count). The first kappa shape index (κ1) is 19.7. The molecule has 2 aromatic rings. The van der Waals surface area contributed by atoms with E-state index in [0.717, 1.165) is 13.1 Å². The molecule has 0 aliphatic carbocycles. The van der Waals surface area contributed by atoms with Crippen LogP contribution in [-0.2, 0) is 11.4 Å². The van der Waals surface area contributed by atoms with Crippen LogP contribution in [0.5, 0.6) is 17.2 Å². The highest BCUT2D eigenvalue weighted by atomic mass is 32.1. The maximum absolute atomic E-state index is 5.79. The Hall–Kier alpha value is -2.10. The molecule has 2 heterocycles. The first-order valence-electron chi connectivity index (χ1n) is 8.82. The molecule has 1 N–H and O–H groups in total. The SMILES string of the molecule is COc1cc(-c2nn(C[NH+]3C[C@H](C)O[C@@H](C)C3)c(=S)o2)cc(OC)c1OC. The summed E-state index contributed by atoms with van der Waals surface area (Å²) in [5, 5.41) is 4.56. The molecule has 1 saturated heterocycles. The maximum atomic E-state index is 5.79. The van der Waals surface area contributed by atoms with Crippen molar-refractivity contribution in [2.24, 2.45) is 0 Å². The van der Waals surface area contributed by atoms with E-state index in [0.29, 0.717) is 40.2 Å². The number of quaternary nitrogens is 1. The van der Waals surface area contributed by atoms with Crippen molar-refractivity contribution in [3.05, 3.63) is 17.0 Å². The highest BCUT2D eigenvalue weighted by Crippen LogP contribution is 2.40. The topological polar surface area (TPSA) is 72.3 Å². The van der Waals surface area contributed by atoms with E-state index in [9.17, 15) is 0 Å². The van der Waals surface area contributed by atoms with Crippen molar-refractivity contribution >= 4 is 12.2 Å². The molecule has 0 bridgehead atoms. The van der Waals surface area contributed by atoms with Crippen molar-refractivity contribution in [2.45, 2.75) is 32.7 Å². The molecule has 1 aromatic carbocycles. The normalized spacial score (nSPS) is 22.5. The zero-order chi connectivity index (χ0) is 19.6. The van der Waals surface area contributed by atoms with E-state index < -0.39 is 0 Å². The molecule has 148 valence electrons. The third-order valence-corrected chi connectivity index (χ3v) is 4.80. The molecule has 1 aromatic heterocycles. The van der Waals surface area contributed by atoms with Crippen LogP contribution in [0.25, 0.3) is 11.5 Å². The minimum atomic E-state index is 0.208. The maximum Gasteiger partial charge on any atom is 0.292 e. The Morgan fingerprint density at radius 1 is 1.11 bits per heavy atom. The van der Waals surface area contributed by atoms with Crippen LogP contribution >= 0.6 is 12.2 Å². The summed E-state index contributed by atoms with van der Waals surface area (Å²) in [4.78, 5) is 1.68. The van der Waals surface area contributed by atoms with Gasteiger partial charge in [0.1, 0.15) is 25.3 Å². The first-order valence-corrected chi connectivity index (χ1v) is 9.23. The van der Waals surface area contributed by atoms with Crippen molar-refractivity contribution in [3.63, 3.8) is 0 Å². The lowest BCUT2D eigenvalue weighted by molar-refractivity contribution is -0.937. The third-order valence-electron chi connectivity index (χ3n) is 4.51. The van der Waals surface area contributed by atoms with Gasteiger partial charge in [0.15, 0.2) is 18.2 Å². The molecule has 9 heteroatoms. The van der Waals surface area contributed by atoms with Crippen LogP contribution in [0.3, 0.4) is 0 Å². The first-order chi connectivity index (χ1) is 12.9. The summed E-state index contributed by atoms with van der Waals surface area (Å²) in [7, 11) is 4.70. The molecule has 2 atom stereocenters. The van der Waals surface area contributed by atoms with E-state index in [1.807, 2.05) is 0 Å². The molecule has 27 heavy (non-hydrogen) atoms. The van der Waals surface area contributed by atoms with Gasteiger partial charge in [0, 0.05) is 5.56 Å². The number of nitrogens with one attached hydrogen (secondary N) is 1. The van der Waals surface area contributed by atoms with Gasteiger partial charge in [-0.25, -0.2) is 0 Å². The fraction of sp³-hybridized carbons (Fsp3) is 0.556. The van der Waals surface area contributed by atoms with Gasteiger partial charge in [-0.3, -0.25) is 0 Å². The van der Waals surface area contributed by atoms with Gasteiger partial charge in [-0.15, -0.1) is 5.10 Å². The van der Waals surface area contributed by atoms with Crippen molar-refractivity contribution in [3.8, 4) is 28.7 Å². The minimum absolute atomic E-state index is 0.208. The Bertz CT molecular complexity index is 815. The monoisotopic (exact) mass is 396 g/mol. The highest BCUT2D eigenvalue weighted by Gasteiger charge is 2.26. The summed E-state index contributed by atoms with van der Waals surface area (Å²) >= 11 is 5.37. The smallest absolute Gasteiger partial charge is 0.292 e. The summed E-state index contributed by atoms with van der Waals surface area (Å²) in [6.45, 7) is 6.60. The number of rotatable bonds is 6. The summed E-state index contributed by atoms with van der Waals surface area (Å²) in [6.07, 6.45) is 0.416. The van der Waals surface area contributed by atoms with Gasteiger partial charge < -0.3 is 28.3 Å². The van der Waals surface area contributed by atoms with E-state index in [4.69, 9.17) is 35.6 Å². The van der Waals surface area contributed by atoms with Crippen LogP contribution in [0.2, 0.25) is 0 Å². The lowest BCUT2D eigenvalue weighted by Gasteiger charge is -2.31. The fourth-order valence-corrected chi connectivity index (χ4v) is 3.64. The zero-order valence-electron chi connectivity index (χ0n) is 16.3. The van der Waals surface area contributed by atoms with Crippen LogP contribution in [0, 0.1) is 4.84 Å². The largest absolute Gasteiger partial charge is 0.493 e. The Kier molecular flexibility index (Phi) is 6.03. The molecule has 0 unspecified atom stereocenters. The number of benzene rings is 1. The zero-order valence-corrected chi connectivity index (χ0v) is 17.1. The Labute approximate surface area is 163 Å². The van der Waals surface area contributed by atoms with Crippen LogP contribution in [-0.4, -0.2) is 56.4 Å². The molecule has 0 saturated carbocycles. The molecular weight excluding hydrogens is 370 g/mol. The Balaban J connectivity index is 1.89. The molecule has 0 spiro atoms. The Morgan fingerprint density at radius 2 is 1.70 bits per heavy atom. The second kappa shape index (κ2) is 8.28. The lowest BCUT2D eigenvalue weighted by atomic mass is 10.2. The summed E-state index contributed by atoms with van der Waals surface area (Å²) < 4.78 is 29.4.